The van der Waals surface area contributed by atoms with E-state index in [1.54, 1.807) is 6.07 Å². The van der Waals surface area contributed by atoms with Gasteiger partial charge in [0, 0.05) is 0 Å². The molecule has 0 unspecified atom stereocenters. The Morgan fingerprint density at radius 1 is 0.741 bits per heavy atom. The van der Waals surface area contributed by atoms with Crippen molar-refractivity contribution in [2.45, 2.75) is 83.0 Å². The van der Waals surface area contributed by atoms with Gasteiger partial charge in [0.05, 0.1) is 4.90 Å². The molecule has 0 aliphatic carbocycles. The predicted molar refractivity (Wildman–Crippen MR) is 108 cm³/mol. The molecule has 27 heavy (non-hydrogen) atoms. The van der Waals surface area contributed by atoms with Gasteiger partial charge in [-0.05, 0) is 59.7 Å². The summed E-state index contributed by atoms with van der Waals surface area (Å²) in [6.07, 6.45) is 11.4. The van der Waals surface area contributed by atoms with E-state index in [1.807, 2.05) is 6.07 Å². The van der Waals surface area contributed by atoms with E-state index in [0.29, 0.717) is 0 Å². The summed E-state index contributed by atoms with van der Waals surface area (Å²) < 4.78 is 34.4. The van der Waals surface area contributed by atoms with Gasteiger partial charge in [-0.2, -0.15) is 0 Å². The molecule has 0 bridgehead atoms. The van der Waals surface area contributed by atoms with Crippen molar-refractivity contribution in [3.8, 4) is 0 Å². The number of hydrogen-bond donors (Lipinski definition) is 0. The van der Waals surface area contributed by atoms with Crippen molar-refractivity contribution < 1.29 is 64.4 Å². The summed E-state index contributed by atoms with van der Waals surface area (Å²) in [6, 6.07) is 9.19. The van der Waals surface area contributed by atoms with Gasteiger partial charge >= 0.3 is 51.4 Å². The molecule has 0 saturated carbocycles. The molecule has 3 nitrogen and oxygen atoms in total. The third-order valence-electron chi connectivity index (χ3n) is 5.06. The van der Waals surface area contributed by atoms with Gasteiger partial charge in [-0.3, -0.25) is 0 Å². The van der Waals surface area contributed by atoms with Crippen molar-refractivity contribution in [1.82, 2.24) is 0 Å². The zero-order chi connectivity index (χ0) is 19.0. The van der Waals surface area contributed by atoms with E-state index in [-0.39, 0.29) is 56.3 Å². The number of hydrogen-bond acceptors (Lipinski definition) is 3. The summed E-state index contributed by atoms with van der Waals surface area (Å²) in [5.74, 6) is 0. The molecule has 0 N–H and O–H groups in total. The van der Waals surface area contributed by atoms with Gasteiger partial charge in [0.2, 0.25) is 0 Å². The third-order valence-corrected chi connectivity index (χ3v) is 5.89. The van der Waals surface area contributed by atoms with Gasteiger partial charge in [0.25, 0.3) is 0 Å². The molecular weight excluding hydrogens is 383 g/mol. The van der Waals surface area contributed by atoms with E-state index in [1.165, 1.54) is 50.2 Å². The maximum Gasteiger partial charge on any atom is 1.00 e. The first-order valence-electron chi connectivity index (χ1n) is 9.97. The van der Waals surface area contributed by atoms with Crippen LogP contribution in [0.2, 0.25) is 0 Å². The predicted octanol–water partition coefficient (Wildman–Crippen LogP) is 2.99. The van der Waals surface area contributed by atoms with Crippen LogP contribution < -0.4 is 51.4 Å². The number of rotatable bonds is 11. The Labute approximate surface area is 207 Å². The van der Waals surface area contributed by atoms with E-state index in [4.69, 9.17) is 0 Å². The normalized spacial score (nSPS) is 11.5. The minimum atomic E-state index is -4.43. The second kappa shape index (κ2) is 12.7. The van der Waals surface area contributed by atoms with Gasteiger partial charge in [-0.1, -0.05) is 70.6 Å². The van der Waals surface area contributed by atoms with E-state index in [9.17, 15) is 13.0 Å². The van der Waals surface area contributed by atoms with Crippen molar-refractivity contribution >= 4 is 20.9 Å². The van der Waals surface area contributed by atoms with E-state index in [2.05, 4.69) is 26.0 Å². The van der Waals surface area contributed by atoms with Gasteiger partial charge in [0.15, 0.2) is 0 Å². The summed E-state index contributed by atoms with van der Waals surface area (Å²) in [6.45, 7) is 4.39. The minimum Gasteiger partial charge on any atom is -0.744 e. The average Bonchev–Trinajstić information content (AvgIpc) is 2.62. The Bertz CT molecular complexity index is 816. The van der Waals surface area contributed by atoms with Crippen LogP contribution in [-0.4, -0.2) is 13.0 Å². The molecule has 0 spiro atoms. The summed E-state index contributed by atoms with van der Waals surface area (Å²) in [4.78, 5) is -0.122. The fraction of sp³-hybridized carbons (Fsp3) is 0.545. The molecule has 0 aliphatic heterocycles. The van der Waals surface area contributed by atoms with Gasteiger partial charge in [-0.15, -0.1) is 0 Å². The molecule has 0 aromatic heterocycles. The Morgan fingerprint density at radius 3 is 1.74 bits per heavy atom. The molecule has 144 valence electrons. The van der Waals surface area contributed by atoms with E-state index < -0.39 is 10.1 Å². The van der Waals surface area contributed by atoms with Crippen LogP contribution >= 0.6 is 0 Å². The van der Waals surface area contributed by atoms with Crippen molar-refractivity contribution in [1.29, 1.82) is 0 Å². The van der Waals surface area contributed by atoms with Crippen LogP contribution in [0.3, 0.4) is 0 Å². The Kier molecular flexibility index (Phi) is 11.9. The van der Waals surface area contributed by atoms with E-state index >= 15 is 0 Å². The maximum atomic E-state index is 11.5. The van der Waals surface area contributed by atoms with Crippen LogP contribution in [0, 0.1) is 0 Å². The largest absolute Gasteiger partial charge is 1.00 e. The molecular formula is C22H31KO3S. The number of fused-ring (bicyclic) bond motifs is 1. The SMILES string of the molecule is CCCCCCc1ccc(CCCCCC)c2cc(S(=O)(=O)[O-])ccc12.[K+]. The van der Waals surface area contributed by atoms with Gasteiger partial charge < -0.3 is 4.55 Å². The molecule has 0 radical (unpaired) electrons. The standard InChI is InChI=1S/C22H32O3S.K/c1-3-5-7-9-11-18-13-14-19(12-10-8-6-4-2)22-17-20(26(23,24)25)15-16-21(18)22;/h13-17H,3-12H2,1-2H3,(H,23,24,25);/q;+1/p-1. The average molecular weight is 415 g/mol. The van der Waals surface area contributed by atoms with Crippen LogP contribution in [0.1, 0.15) is 76.3 Å². The van der Waals surface area contributed by atoms with Crippen molar-refractivity contribution in [3.05, 3.63) is 41.5 Å². The molecule has 0 atom stereocenters. The first-order chi connectivity index (χ1) is 12.5. The van der Waals surface area contributed by atoms with Crippen molar-refractivity contribution in [3.63, 3.8) is 0 Å². The fourth-order valence-electron chi connectivity index (χ4n) is 3.53. The number of aryl methyl sites for hydroxylation is 2. The van der Waals surface area contributed by atoms with Crippen molar-refractivity contribution in [2.24, 2.45) is 0 Å². The summed E-state index contributed by atoms with van der Waals surface area (Å²) in [5, 5.41) is 2.04. The molecule has 0 heterocycles. The van der Waals surface area contributed by atoms with Gasteiger partial charge in [-0.25, -0.2) is 8.42 Å². The minimum absolute atomic E-state index is 0. The quantitative estimate of drug-likeness (QED) is 0.323. The molecule has 0 amide bonds. The Morgan fingerprint density at radius 2 is 1.26 bits per heavy atom. The first kappa shape index (κ1) is 25.3. The summed E-state index contributed by atoms with van der Waals surface area (Å²) >= 11 is 0. The van der Waals surface area contributed by atoms with Crippen LogP contribution in [0.15, 0.2) is 35.2 Å². The van der Waals surface area contributed by atoms with Crippen LogP contribution in [0.5, 0.6) is 0 Å². The Hall–Kier alpha value is 0.246. The van der Waals surface area contributed by atoms with Crippen molar-refractivity contribution in [2.75, 3.05) is 0 Å². The second-order valence-electron chi connectivity index (χ2n) is 7.17. The van der Waals surface area contributed by atoms with Crippen LogP contribution in [0.25, 0.3) is 10.8 Å². The maximum absolute atomic E-state index is 11.5. The van der Waals surface area contributed by atoms with E-state index in [0.717, 1.165) is 42.0 Å². The zero-order valence-corrected chi connectivity index (χ0v) is 21.0. The first-order valence-corrected chi connectivity index (χ1v) is 11.4. The number of benzene rings is 2. The molecule has 0 aliphatic rings. The number of unbranched alkanes of at least 4 members (excludes halogenated alkanes) is 6. The topological polar surface area (TPSA) is 57.2 Å². The zero-order valence-electron chi connectivity index (χ0n) is 17.1. The van der Waals surface area contributed by atoms with Gasteiger partial charge in [0.1, 0.15) is 10.1 Å². The fourth-order valence-corrected chi connectivity index (χ4v) is 4.02. The molecule has 2 aromatic carbocycles. The third kappa shape index (κ3) is 7.88. The molecule has 5 heteroatoms. The molecule has 0 fully saturated rings. The molecule has 0 saturated heterocycles. The Balaban J connectivity index is 0.00000364. The molecule has 2 rings (SSSR count). The second-order valence-corrected chi connectivity index (χ2v) is 8.55. The molecule has 2 aromatic rings. The van der Waals surface area contributed by atoms with Crippen LogP contribution in [0.4, 0.5) is 0 Å². The monoisotopic (exact) mass is 414 g/mol. The smallest absolute Gasteiger partial charge is 0.744 e. The summed E-state index contributed by atoms with van der Waals surface area (Å²) in [7, 11) is -4.43. The summed E-state index contributed by atoms with van der Waals surface area (Å²) in [5.41, 5.74) is 2.40. The van der Waals surface area contributed by atoms with Crippen LogP contribution in [-0.2, 0) is 23.0 Å².